The number of carbonyl (C=O) groups excluding carboxylic acids is 1. The van der Waals surface area contributed by atoms with Crippen LogP contribution >= 0.6 is 12.6 Å². The van der Waals surface area contributed by atoms with Crippen molar-refractivity contribution in [1.82, 2.24) is 4.90 Å². The van der Waals surface area contributed by atoms with E-state index in [0.29, 0.717) is 24.6 Å². The van der Waals surface area contributed by atoms with Gasteiger partial charge in [0.25, 0.3) is 0 Å². The van der Waals surface area contributed by atoms with Gasteiger partial charge in [0.1, 0.15) is 0 Å². The average Bonchev–Trinajstić information content (AvgIpc) is 2.77. The van der Waals surface area contributed by atoms with E-state index >= 15 is 0 Å². The molecule has 1 aliphatic heterocycles. The number of aromatic hydroxyl groups is 1. The summed E-state index contributed by atoms with van der Waals surface area (Å²) in [5.74, 6) is 1.94. The lowest BCUT2D eigenvalue weighted by Gasteiger charge is -2.16. The number of ether oxygens (including phenoxy) is 1. The van der Waals surface area contributed by atoms with Crippen molar-refractivity contribution in [2.45, 2.75) is 12.8 Å². The van der Waals surface area contributed by atoms with Gasteiger partial charge in [-0.25, -0.2) is 0 Å². The number of methoxy groups -OCH3 is 1. The number of carbonyl (C=O) groups is 1. The fourth-order valence-electron chi connectivity index (χ4n) is 2.35. The minimum absolute atomic E-state index is 0.140. The van der Waals surface area contributed by atoms with Gasteiger partial charge in [0.05, 0.1) is 7.11 Å². The minimum atomic E-state index is 0.140. The Kier molecular flexibility index (Phi) is 4.58. The highest BCUT2D eigenvalue weighted by Gasteiger charge is 2.27. The van der Waals surface area contributed by atoms with Crippen LogP contribution in [0.2, 0.25) is 0 Å². The first-order chi connectivity index (χ1) is 9.13. The van der Waals surface area contributed by atoms with Gasteiger partial charge >= 0.3 is 0 Å². The summed E-state index contributed by atoms with van der Waals surface area (Å²) in [5, 5.41) is 9.70. The monoisotopic (exact) mass is 281 g/mol. The molecule has 1 N–H and O–H groups in total. The van der Waals surface area contributed by atoms with E-state index < -0.39 is 0 Å². The Morgan fingerprint density at radius 1 is 1.53 bits per heavy atom. The van der Waals surface area contributed by atoms with Gasteiger partial charge in [-0.1, -0.05) is 6.07 Å². The number of phenolic OH excluding ortho intramolecular Hbond substituents is 1. The van der Waals surface area contributed by atoms with E-state index in [1.807, 2.05) is 11.0 Å². The van der Waals surface area contributed by atoms with Gasteiger partial charge in [-0.3, -0.25) is 4.79 Å². The van der Waals surface area contributed by atoms with Crippen molar-refractivity contribution >= 4 is 18.5 Å². The molecule has 1 unspecified atom stereocenters. The van der Waals surface area contributed by atoms with Crippen molar-refractivity contribution in [2.75, 3.05) is 26.0 Å². The number of hydrogen-bond donors (Lipinski definition) is 2. The number of nitrogens with zero attached hydrogens (tertiary/aromatic N) is 1. The highest BCUT2D eigenvalue weighted by molar-refractivity contribution is 7.80. The summed E-state index contributed by atoms with van der Waals surface area (Å²) in [5.41, 5.74) is 1.00. The Bertz CT molecular complexity index is 464. The first-order valence-corrected chi connectivity index (χ1v) is 7.01. The predicted octanol–water partition coefficient (Wildman–Crippen LogP) is 1.72. The second-order valence-electron chi connectivity index (χ2n) is 4.85. The number of hydrogen-bond acceptors (Lipinski definition) is 4. The molecule has 0 radical (unpaired) electrons. The van der Waals surface area contributed by atoms with Crippen LogP contribution in [-0.2, 0) is 11.2 Å². The van der Waals surface area contributed by atoms with Gasteiger partial charge in [-0.05, 0) is 35.8 Å². The van der Waals surface area contributed by atoms with Crippen molar-refractivity contribution in [3.05, 3.63) is 23.8 Å². The van der Waals surface area contributed by atoms with Crippen LogP contribution in [0.25, 0.3) is 0 Å². The van der Waals surface area contributed by atoms with E-state index in [1.54, 1.807) is 12.1 Å². The van der Waals surface area contributed by atoms with Crippen molar-refractivity contribution in [3.63, 3.8) is 0 Å². The largest absolute Gasteiger partial charge is 0.504 e. The van der Waals surface area contributed by atoms with Gasteiger partial charge in [0.15, 0.2) is 11.5 Å². The molecule has 0 aromatic heterocycles. The molecule has 0 bridgehead atoms. The van der Waals surface area contributed by atoms with Crippen molar-refractivity contribution < 1.29 is 14.6 Å². The molecule has 0 saturated carbocycles. The second kappa shape index (κ2) is 6.19. The van der Waals surface area contributed by atoms with Crippen LogP contribution in [0.1, 0.15) is 12.0 Å². The molecule has 1 fully saturated rings. The molecule has 1 aromatic rings. The van der Waals surface area contributed by atoms with Crippen LogP contribution in [0.4, 0.5) is 0 Å². The van der Waals surface area contributed by atoms with Gasteiger partial charge in [-0.15, -0.1) is 0 Å². The van der Waals surface area contributed by atoms with Gasteiger partial charge < -0.3 is 14.7 Å². The third-order valence-corrected chi connectivity index (χ3v) is 3.98. The number of benzene rings is 1. The Balaban J connectivity index is 1.92. The fraction of sp³-hybridized carbons (Fsp3) is 0.500. The van der Waals surface area contributed by atoms with Gasteiger partial charge in [-0.2, -0.15) is 12.6 Å². The summed E-state index contributed by atoms with van der Waals surface area (Å²) in [6, 6.07) is 5.34. The minimum Gasteiger partial charge on any atom is -0.504 e. The molecule has 1 aromatic carbocycles. The zero-order chi connectivity index (χ0) is 13.8. The molecule has 2 rings (SSSR count). The number of amides is 1. The van der Waals surface area contributed by atoms with E-state index in [9.17, 15) is 9.90 Å². The van der Waals surface area contributed by atoms with E-state index in [-0.39, 0.29) is 11.7 Å². The summed E-state index contributed by atoms with van der Waals surface area (Å²) in [6.07, 6.45) is 1.35. The smallest absolute Gasteiger partial charge is 0.222 e. The average molecular weight is 281 g/mol. The lowest BCUT2D eigenvalue weighted by Crippen LogP contribution is -2.27. The molecule has 1 heterocycles. The first-order valence-electron chi connectivity index (χ1n) is 6.38. The molecule has 1 saturated heterocycles. The lowest BCUT2D eigenvalue weighted by atomic mass is 10.1. The third-order valence-electron chi connectivity index (χ3n) is 3.47. The molecule has 5 heteroatoms. The highest BCUT2D eigenvalue weighted by Crippen LogP contribution is 2.27. The summed E-state index contributed by atoms with van der Waals surface area (Å²) in [6.45, 7) is 1.49. The first kappa shape index (κ1) is 14.1. The van der Waals surface area contributed by atoms with Crippen molar-refractivity contribution in [2.24, 2.45) is 5.92 Å². The highest BCUT2D eigenvalue weighted by atomic mass is 32.1. The van der Waals surface area contributed by atoms with E-state index in [0.717, 1.165) is 24.3 Å². The fourth-order valence-corrected chi connectivity index (χ4v) is 2.59. The second-order valence-corrected chi connectivity index (χ2v) is 5.21. The molecule has 1 amide bonds. The third kappa shape index (κ3) is 3.35. The van der Waals surface area contributed by atoms with Crippen LogP contribution in [-0.4, -0.2) is 41.9 Å². The topological polar surface area (TPSA) is 49.8 Å². The molecule has 1 atom stereocenters. The van der Waals surface area contributed by atoms with E-state index in [1.165, 1.54) is 7.11 Å². The van der Waals surface area contributed by atoms with Crippen molar-refractivity contribution in [3.8, 4) is 11.5 Å². The number of rotatable bonds is 5. The van der Waals surface area contributed by atoms with E-state index in [2.05, 4.69) is 12.6 Å². The van der Waals surface area contributed by atoms with Crippen LogP contribution < -0.4 is 4.74 Å². The molecule has 104 valence electrons. The van der Waals surface area contributed by atoms with Gasteiger partial charge in [0, 0.05) is 19.5 Å². The molecule has 1 aliphatic rings. The van der Waals surface area contributed by atoms with Crippen LogP contribution in [0.3, 0.4) is 0 Å². The summed E-state index contributed by atoms with van der Waals surface area (Å²) < 4.78 is 5.00. The Morgan fingerprint density at radius 2 is 2.32 bits per heavy atom. The Labute approximate surface area is 118 Å². The van der Waals surface area contributed by atoms with Crippen LogP contribution in [0.5, 0.6) is 11.5 Å². The summed E-state index contributed by atoms with van der Waals surface area (Å²) in [7, 11) is 1.52. The molecular weight excluding hydrogens is 262 g/mol. The predicted molar refractivity (Wildman–Crippen MR) is 76.9 cm³/mol. The zero-order valence-electron chi connectivity index (χ0n) is 11.0. The standard InChI is InChI=1S/C14H19NO3S/c1-18-13-3-2-10(6-12(13)16)4-5-15-8-11(9-19)7-14(15)17/h2-3,6,11,16,19H,4-5,7-9H2,1H3. The molecular formula is C14H19NO3S. The quantitative estimate of drug-likeness (QED) is 0.808. The normalized spacial score (nSPS) is 18.9. The maximum atomic E-state index is 11.8. The maximum absolute atomic E-state index is 11.8. The van der Waals surface area contributed by atoms with Gasteiger partial charge in [0.2, 0.25) is 5.91 Å². The summed E-state index contributed by atoms with van der Waals surface area (Å²) in [4.78, 5) is 13.6. The SMILES string of the molecule is COc1ccc(CCN2CC(CS)CC2=O)cc1O. The van der Waals surface area contributed by atoms with E-state index in [4.69, 9.17) is 4.74 Å². The van der Waals surface area contributed by atoms with Crippen LogP contribution in [0.15, 0.2) is 18.2 Å². The molecule has 0 aliphatic carbocycles. The summed E-state index contributed by atoms with van der Waals surface area (Å²) >= 11 is 4.24. The maximum Gasteiger partial charge on any atom is 0.222 e. The Hall–Kier alpha value is -1.36. The molecule has 4 nitrogen and oxygen atoms in total. The molecule has 19 heavy (non-hydrogen) atoms. The molecule has 0 spiro atoms. The van der Waals surface area contributed by atoms with Crippen molar-refractivity contribution in [1.29, 1.82) is 0 Å². The zero-order valence-corrected chi connectivity index (χ0v) is 11.9. The number of likely N-dealkylation sites (tertiary alicyclic amines) is 1. The number of phenols is 1. The number of thiol groups is 1. The lowest BCUT2D eigenvalue weighted by molar-refractivity contribution is -0.127. The Morgan fingerprint density at radius 3 is 2.89 bits per heavy atom. The van der Waals surface area contributed by atoms with Crippen LogP contribution in [0, 0.1) is 5.92 Å².